The molecule has 0 bridgehead atoms. The molecule has 0 spiro atoms. The Morgan fingerprint density at radius 1 is 0.652 bits per heavy atom. The lowest BCUT2D eigenvalue weighted by Gasteiger charge is -2.32. The molecule has 0 aromatic rings. The number of allylic oxidation sites excluding steroid dienone is 1. The molecule has 130 valence electrons. The smallest absolute Gasteiger partial charge is 0.0325 e. The highest BCUT2D eigenvalue weighted by Gasteiger charge is 2.50. The van der Waals surface area contributed by atoms with E-state index in [1.54, 1.807) is 64.2 Å². The van der Waals surface area contributed by atoms with E-state index in [4.69, 9.17) is 0 Å². The molecule has 0 radical (unpaired) electrons. The van der Waals surface area contributed by atoms with E-state index >= 15 is 0 Å². The molecule has 4 aliphatic rings. The first-order valence-electron chi connectivity index (χ1n) is 11.0. The first-order valence-corrected chi connectivity index (χ1v) is 11.0. The summed E-state index contributed by atoms with van der Waals surface area (Å²) < 4.78 is 0. The third-order valence-corrected chi connectivity index (χ3v) is 8.46. The molecule has 23 heavy (non-hydrogen) atoms. The van der Waals surface area contributed by atoms with Crippen molar-refractivity contribution < 1.29 is 0 Å². The molecule has 4 rings (SSSR count). The van der Waals surface area contributed by atoms with Crippen molar-refractivity contribution in [3.8, 4) is 0 Å². The normalized spacial score (nSPS) is 46.3. The average molecular weight is 315 g/mol. The van der Waals surface area contributed by atoms with E-state index in [0.717, 1.165) is 41.4 Å². The summed E-state index contributed by atoms with van der Waals surface area (Å²) in [6.07, 6.45) is 23.6. The predicted octanol–water partition coefficient (Wildman–Crippen LogP) is 7.00. The molecule has 4 fully saturated rings. The van der Waals surface area contributed by atoms with Crippen LogP contribution in [0.2, 0.25) is 0 Å². The molecule has 4 aliphatic carbocycles. The maximum Gasteiger partial charge on any atom is -0.0325 e. The fourth-order valence-electron chi connectivity index (χ4n) is 7.57. The topological polar surface area (TPSA) is 0 Å². The lowest BCUT2D eigenvalue weighted by molar-refractivity contribution is 0.184. The van der Waals surface area contributed by atoms with Crippen LogP contribution in [0.25, 0.3) is 0 Å². The van der Waals surface area contributed by atoms with Gasteiger partial charge in [0, 0.05) is 0 Å². The lowest BCUT2D eigenvalue weighted by Crippen LogP contribution is -2.22. The lowest BCUT2D eigenvalue weighted by atomic mass is 9.73. The van der Waals surface area contributed by atoms with Crippen molar-refractivity contribution >= 4 is 0 Å². The summed E-state index contributed by atoms with van der Waals surface area (Å²) in [5, 5.41) is 0. The summed E-state index contributed by atoms with van der Waals surface area (Å²) in [6.45, 7) is 3.95. The number of hydrogen-bond donors (Lipinski definition) is 0. The van der Waals surface area contributed by atoms with Gasteiger partial charge < -0.3 is 0 Å². The monoisotopic (exact) mass is 314 g/mol. The molecule has 6 atom stereocenters. The van der Waals surface area contributed by atoms with Gasteiger partial charge in [-0.15, -0.1) is 6.58 Å². The zero-order valence-electron chi connectivity index (χ0n) is 15.2. The third-order valence-electron chi connectivity index (χ3n) is 8.46. The predicted molar refractivity (Wildman–Crippen MR) is 99.3 cm³/mol. The Hall–Kier alpha value is -0.260. The van der Waals surface area contributed by atoms with E-state index in [2.05, 4.69) is 12.7 Å². The molecule has 6 unspecified atom stereocenters. The Balaban J connectivity index is 1.36. The molecule has 0 heteroatoms. The first kappa shape index (κ1) is 16.2. The van der Waals surface area contributed by atoms with Crippen LogP contribution in [-0.2, 0) is 0 Å². The van der Waals surface area contributed by atoms with Gasteiger partial charge in [-0.3, -0.25) is 0 Å². The fourth-order valence-corrected chi connectivity index (χ4v) is 7.57. The van der Waals surface area contributed by atoms with Crippen molar-refractivity contribution in [2.75, 3.05) is 0 Å². The Bertz CT molecular complexity index is 375. The van der Waals surface area contributed by atoms with Crippen molar-refractivity contribution in [3.05, 3.63) is 12.7 Å². The highest BCUT2D eigenvalue weighted by Crippen LogP contribution is 2.58. The Morgan fingerprint density at radius 3 is 1.83 bits per heavy atom. The summed E-state index contributed by atoms with van der Waals surface area (Å²) in [7, 11) is 0. The molecule has 0 saturated heterocycles. The summed E-state index contributed by atoms with van der Waals surface area (Å²) in [5.41, 5.74) is 0. The van der Waals surface area contributed by atoms with Gasteiger partial charge in [0.25, 0.3) is 0 Å². The summed E-state index contributed by atoms with van der Waals surface area (Å²) >= 11 is 0. The highest BCUT2D eigenvalue weighted by molar-refractivity contribution is 4.99. The molecule has 0 N–H and O–H groups in total. The van der Waals surface area contributed by atoms with Crippen LogP contribution in [0.4, 0.5) is 0 Å². The molecule has 0 aromatic heterocycles. The Kier molecular flexibility index (Phi) is 5.16. The van der Waals surface area contributed by atoms with E-state index in [1.165, 1.54) is 25.7 Å². The summed E-state index contributed by atoms with van der Waals surface area (Å²) in [5.74, 6) is 7.75. The van der Waals surface area contributed by atoms with Crippen LogP contribution in [0.3, 0.4) is 0 Å². The maximum atomic E-state index is 3.95. The second kappa shape index (κ2) is 7.32. The van der Waals surface area contributed by atoms with E-state index in [-0.39, 0.29) is 0 Å². The second-order valence-corrected chi connectivity index (χ2v) is 9.54. The van der Waals surface area contributed by atoms with Gasteiger partial charge in [0.05, 0.1) is 0 Å². The van der Waals surface area contributed by atoms with Crippen LogP contribution in [0.1, 0.15) is 89.9 Å². The zero-order valence-corrected chi connectivity index (χ0v) is 15.2. The van der Waals surface area contributed by atoms with Crippen molar-refractivity contribution in [2.45, 2.75) is 89.9 Å². The standard InChI is InChI=1S/C23H38/c1-2-7-17-12-13-18(16-17)14-15-23-21-10-5-3-8-19(21)20-9-4-6-11-22(20)23/h2,17-23H,1,3-16H2. The number of rotatable bonds is 5. The number of fused-ring (bicyclic) bond motifs is 3. The summed E-state index contributed by atoms with van der Waals surface area (Å²) in [6, 6.07) is 0. The van der Waals surface area contributed by atoms with Gasteiger partial charge in [-0.25, -0.2) is 0 Å². The van der Waals surface area contributed by atoms with Crippen LogP contribution >= 0.6 is 0 Å². The maximum absolute atomic E-state index is 3.95. The molecule has 0 nitrogen and oxygen atoms in total. The quantitative estimate of drug-likeness (QED) is 0.479. The van der Waals surface area contributed by atoms with Crippen LogP contribution < -0.4 is 0 Å². The molecule has 0 amide bonds. The van der Waals surface area contributed by atoms with Gasteiger partial charge in [0.2, 0.25) is 0 Å². The van der Waals surface area contributed by atoms with Gasteiger partial charge in [-0.1, -0.05) is 44.6 Å². The van der Waals surface area contributed by atoms with Crippen molar-refractivity contribution in [1.82, 2.24) is 0 Å². The third kappa shape index (κ3) is 3.29. The molecule has 0 heterocycles. The van der Waals surface area contributed by atoms with Crippen LogP contribution in [-0.4, -0.2) is 0 Å². The molecular formula is C23H38. The van der Waals surface area contributed by atoms with Crippen LogP contribution in [0, 0.1) is 41.4 Å². The van der Waals surface area contributed by atoms with E-state index in [0.29, 0.717) is 0 Å². The van der Waals surface area contributed by atoms with E-state index in [9.17, 15) is 0 Å². The first-order chi connectivity index (χ1) is 11.4. The fraction of sp³-hybridized carbons (Fsp3) is 0.913. The second-order valence-electron chi connectivity index (χ2n) is 9.54. The largest absolute Gasteiger partial charge is 0.103 e. The molecule has 0 aromatic carbocycles. The van der Waals surface area contributed by atoms with Gasteiger partial charge >= 0.3 is 0 Å². The zero-order chi connectivity index (χ0) is 15.6. The van der Waals surface area contributed by atoms with Gasteiger partial charge in [-0.2, -0.15) is 0 Å². The van der Waals surface area contributed by atoms with Gasteiger partial charge in [0.15, 0.2) is 0 Å². The Labute approximate surface area is 144 Å². The molecule has 0 aliphatic heterocycles. The van der Waals surface area contributed by atoms with Gasteiger partial charge in [-0.05, 0) is 92.8 Å². The number of hydrogen-bond acceptors (Lipinski definition) is 0. The Morgan fingerprint density at radius 2 is 1.22 bits per heavy atom. The van der Waals surface area contributed by atoms with Crippen LogP contribution in [0.15, 0.2) is 12.7 Å². The highest BCUT2D eigenvalue weighted by atomic mass is 14.6. The van der Waals surface area contributed by atoms with Crippen LogP contribution in [0.5, 0.6) is 0 Å². The average Bonchev–Trinajstić information content (AvgIpc) is 3.16. The van der Waals surface area contributed by atoms with E-state index in [1.807, 2.05) is 0 Å². The molecule has 4 saturated carbocycles. The molecular weight excluding hydrogens is 276 g/mol. The SMILES string of the molecule is C=CCC1CCC(CCC2C3CCCCC3C3CCCCC32)C1. The van der Waals surface area contributed by atoms with Crippen molar-refractivity contribution in [3.63, 3.8) is 0 Å². The summed E-state index contributed by atoms with van der Waals surface area (Å²) in [4.78, 5) is 0. The minimum Gasteiger partial charge on any atom is -0.103 e. The van der Waals surface area contributed by atoms with Gasteiger partial charge in [0.1, 0.15) is 0 Å². The minimum atomic E-state index is 0.978. The van der Waals surface area contributed by atoms with Crippen molar-refractivity contribution in [2.24, 2.45) is 41.4 Å². The van der Waals surface area contributed by atoms with E-state index < -0.39 is 0 Å². The van der Waals surface area contributed by atoms with Crippen molar-refractivity contribution in [1.29, 1.82) is 0 Å². The minimum absolute atomic E-state index is 0.978.